The predicted octanol–water partition coefficient (Wildman–Crippen LogP) is 2.08. The first-order chi connectivity index (χ1) is 8.58. The Kier molecular flexibility index (Phi) is 6.07. The van der Waals surface area contributed by atoms with Gasteiger partial charge < -0.3 is 9.47 Å². The maximum absolute atomic E-state index is 11.7. The second-order valence-electron chi connectivity index (χ2n) is 3.34. The minimum atomic E-state index is -0.957. The number of thiazole rings is 1. The first-order valence-electron chi connectivity index (χ1n) is 5.51. The fourth-order valence-corrected chi connectivity index (χ4v) is 2.35. The van der Waals surface area contributed by atoms with Gasteiger partial charge in [-0.1, -0.05) is 11.6 Å². The van der Waals surface area contributed by atoms with Gasteiger partial charge in [0.1, 0.15) is 0 Å². The van der Waals surface area contributed by atoms with Crippen LogP contribution in [0.5, 0.6) is 0 Å². The summed E-state index contributed by atoms with van der Waals surface area (Å²) in [5.74, 6) is -2.12. The van der Waals surface area contributed by atoms with E-state index in [9.17, 15) is 9.59 Å². The van der Waals surface area contributed by atoms with Crippen molar-refractivity contribution in [3.63, 3.8) is 0 Å². The summed E-state index contributed by atoms with van der Waals surface area (Å²) in [6, 6.07) is 0. The number of aromatic nitrogens is 1. The van der Waals surface area contributed by atoms with Crippen molar-refractivity contribution >= 4 is 34.9 Å². The van der Waals surface area contributed by atoms with Gasteiger partial charge in [0.25, 0.3) is 0 Å². The molecule has 1 rings (SSSR count). The number of nitrogens with zero attached hydrogens (tertiary/aromatic N) is 1. The number of hydrogen-bond acceptors (Lipinski definition) is 6. The van der Waals surface area contributed by atoms with Gasteiger partial charge in [-0.15, -0.1) is 11.3 Å². The molecule has 7 heteroatoms. The Morgan fingerprint density at radius 3 is 2.28 bits per heavy atom. The van der Waals surface area contributed by atoms with Crippen LogP contribution in [0.15, 0.2) is 6.20 Å². The molecule has 5 nitrogen and oxygen atoms in total. The van der Waals surface area contributed by atoms with Gasteiger partial charge in [-0.05, 0) is 13.8 Å². The van der Waals surface area contributed by atoms with Crippen LogP contribution in [-0.4, -0.2) is 30.1 Å². The standard InChI is InChI=1S/C11H14ClNO4S/c1-3-16-9(14)8(10(15)17-4-2)5-7-6-13-11(12)18-7/h6,8H,3-5H2,1-2H3. The fraction of sp³-hybridized carbons (Fsp3) is 0.545. The topological polar surface area (TPSA) is 65.5 Å². The molecule has 100 valence electrons. The number of halogens is 1. The van der Waals surface area contributed by atoms with Crippen molar-refractivity contribution in [1.82, 2.24) is 4.98 Å². The molecule has 0 aliphatic heterocycles. The first kappa shape index (κ1) is 14.9. The van der Waals surface area contributed by atoms with E-state index in [2.05, 4.69) is 4.98 Å². The number of esters is 2. The van der Waals surface area contributed by atoms with Crippen LogP contribution in [0.4, 0.5) is 0 Å². The highest BCUT2D eigenvalue weighted by molar-refractivity contribution is 7.15. The lowest BCUT2D eigenvalue weighted by Gasteiger charge is -2.13. The van der Waals surface area contributed by atoms with E-state index in [1.165, 1.54) is 11.3 Å². The number of carbonyl (C=O) groups excluding carboxylic acids is 2. The monoisotopic (exact) mass is 291 g/mol. The highest BCUT2D eigenvalue weighted by Crippen LogP contribution is 2.22. The van der Waals surface area contributed by atoms with Crippen LogP contribution in [0.1, 0.15) is 18.7 Å². The van der Waals surface area contributed by atoms with Crippen LogP contribution in [0.25, 0.3) is 0 Å². The normalized spacial score (nSPS) is 10.4. The molecule has 0 radical (unpaired) electrons. The van der Waals surface area contributed by atoms with Gasteiger partial charge in [0.2, 0.25) is 0 Å². The minimum absolute atomic E-state index is 0.196. The summed E-state index contributed by atoms with van der Waals surface area (Å²) in [5, 5.41) is 0. The predicted molar refractivity (Wildman–Crippen MR) is 67.6 cm³/mol. The largest absolute Gasteiger partial charge is 0.465 e. The molecule has 0 spiro atoms. The Morgan fingerprint density at radius 2 is 1.89 bits per heavy atom. The van der Waals surface area contributed by atoms with Crippen molar-refractivity contribution in [2.75, 3.05) is 13.2 Å². The molecule has 0 aliphatic rings. The summed E-state index contributed by atoms with van der Waals surface area (Å²) in [5.41, 5.74) is 0. The van der Waals surface area contributed by atoms with Crippen LogP contribution < -0.4 is 0 Å². The van der Waals surface area contributed by atoms with Crippen molar-refractivity contribution in [3.8, 4) is 0 Å². The zero-order valence-electron chi connectivity index (χ0n) is 10.1. The van der Waals surface area contributed by atoms with E-state index >= 15 is 0 Å². The second-order valence-corrected chi connectivity index (χ2v) is 5.04. The van der Waals surface area contributed by atoms with Crippen LogP contribution in [0.3, 0.4) is 0 Å². The highest BCUT2D eigenvalue weighted by atomic mass is 35.5. The van der Waals surface area contributed by atoms with Crippen molar-refractivity contribution in [1.29, 1.82) is 0 Å². The highest BCUT2D eigenvalue weighted by Gasteiger charge is 2.30. The van der Waals surface area contributed by atoms with Crippen molar-refractivity contribution in [3.05, 3.63) is 15.5 Å². The molecule has 0 saturated heterocycles. The maximum atomic E-state index is 11.7. The van der Waals surface area contributed by atoms with Gasteiger partial charge >= 0.3 is 11.9 Å². The van der Waals surface area contributed by atoms with Gasteiger partial charge in [0, 0.05) is 17.5 Å². The molecule has 1 aromatic heterocycles. The number of hydrogen-bond donors (Lipinski definition) is 0. The Hall–Kier alpha value is -1.14. The van der Waals surface area contributed by atoms with Gasteiger partial charge in [0.05, 0.1) is 13.2 Å². The average Bonchev–Trinajstić information content (AvgIpc) is 2.72. The molecule has 0 unspecified atom stereocenters. The Labute approximate surface area is 114 Å². The summed E-state index contributed by atoms with van der Waals surface area (Å²) in [7, 11) is 0. The van der Waals surface area contributed by atoms with E-state index in [-0.39, 0.29) is 19.6 Å². The van der Waals surface area contributed by atoms with Crippen molar-refractivity contribution in [2.24, 2.45) is 5.92 Å². The quantitative estimate of drug-likeness (QED) is 0.593. The third-order valence-corrected chi connectivity index (χ3v) is 3.21. The van der Waals surface area contributed by atoms with Gasteiger partial charge in [-0.3, -0.25) is 9.59 Å². The second kappa shape index (κ2) is 7.33. The molecule has 0 N–H and O–H groups in total. The fourth-order valence-electron chi connectivity index (χ4n) is 1.33. The third-order valence-electron chi connectivity index (χ3n) is 2.07. The summed E-state index contributed by atoms with van der Waals surface area (Å²) in [6.45, 7) is 3.81. The smallest absolute Gasteiger partial charge is 0.320 e. The average molecular weight is 292 g/mol. The summed E-state index contributed by atoms with van der Waals surface area (Å²) < 4.78 is 10.1. The van der Waals surface area contributed by atoms with E-state index in [0.29, 0.717) is 4.47 Å². The van der Waals surface area contributed by atoms with E-state index in [1.54, 1.807) is 20.0 Å². The van der Waals surface area contributed by atoms with E-state index < -0.39 is 17.9 Å². The Balaban J connectivity index is 2.76. The lowest BCUT2D eigenvalue weighted by Crippen LogP contribution is -2.29. The lowest BCUT2D eigenvalue weighted by atomic mass is 10.1. The molecule has 0 atom stereocenters. The maximum Gasteiger partial charge on any atom is 0.320 e. The first-order valence-corrected chi connectivity index (χ1v) is 6.71. The zero-order valence-corrected chi connectivity index (χ0v) is 11.7. The third kappa shape index (κ3) is 4.27. The molecule has 0 bridgehead atoms. The summed E-state index contributed by atoms with van der Waals surface area (Å²) in [4.78, 5) is 28.0. The van der Waals surface area contributed by atoms with Crippen LogP contribution in [0, 0.1) is 5.92 Å². The number of carbonyl (C=O) groups is 2. The molecule has 18 heavy (non-hydrogen) atoms. The van der Waals surface area contributed by atoms with Crippen molar-refractivity contribution < 1.29 is 19.1 Å². The molecular weight excluding hydrogens is 278 g/mol. The summed E-state index contributed by atoms with van der Waals surface area (Å²) >= 11 is 6.93. The minimum Gasteiger partial charge on any atom is -0.465 e. The number of ether oxygens (including phenoxy) is 2. The van der Waals surface area contributed by atoms with Gasteiger partial charge in [-0.2, -0.15) is 0 Å². The molecule has 0 amide bonds. The Bertz CT molecular complexity index is 403. The lowest BCUT2D eigenvalue weighted by molar-refractivity contribution is -0.161. The molecule has 1 aromatic rings. The van der Waals surface area contributed by atoms with Crippen LogP contribution >= 0.6 is 22.9 Å². The number of rotatable bonds is 6. The van der Waals surface area contributed by atoms with Crippen LogP contribution in [-0.2, 0) is 25.5 Å². The van der Waals surface area contributed by atoms with E-state index in [1.807, 2.05) is 0 Å². The molecule has 0 aromatic carbocycles. The SMILES string of the molecule is CCOC(=O)C(Cc1cnc(Cl)s1)C(=O)OCC. The molecule has 0 aliphatic carbocycles. The van der Waals surface area contributed by atoms with Gasteiger partial charge in [-0.25, -0.2) is 4.98 Å². The zero-order chi connectivity index (χ0) is 13.5. The molecular formula is C11H14ClNO4S. The van der Waals surface area contributed by atoms with E-state index in [0.717, 1.165) is 4.88 Å². The van der Waals surface area contributed by atoms with E-state index in [4.69, 9.17) is 21.1 Å². The summed E-state index contributed by atoms with van der Waals surface area (Å²) in [6.07, 6.45) is 1.74. The van der Waals surface area contributed by atoms with Gasteiger partial charge in [0.15, 0.2) is 10.4 Å². The van der Waals surface area contributed by atoms with Crippen LogP contribution in [0.2, 0.25) is 4.47 Å². The Morgan fingerprint density at radius 1 is 1.33 bits per heavy atom. The molecule has 0 fully saturated rings. The molecule has 0 saturated carbocycles. The van der Waals surface area contributed by atoms with Crippen molar-refractivity contribution in [2.45, 2.75) is 20.3 Å². The molecule has 1 heterocycles.